The zero-order chi connectivity index (χ0) is 14.9. The first-order valence-corrected chi connectivity index (χ1v) is 8.83. The molecule has 7 heteroatoms. The highest BCUT2D eigenvalue weighted by Crippen LogP contribution is 2.29. The van der Waals surface area contributed by atoms with Gasteiger partial charge in [0, 0.05) is 19.3 Å². The number of halogens is 2. The van der Waals surface area contributed by atoms with Gasteiger partial charge >= 0.3 is 0 Å². The Morgan fingerprint density at radius 3 is 2.40 bits per heavy atom. The van der Waals surface area contributed by atoms with Crippen LogP contribution in [0.2, 0.25) is 10.2 Å². The molecule has 4 nitrogen and oxygen atoms in total. The highest BCUT2D eigenvalue weighted by molar-refractivity contribution is 7.89. The molecular weight excluding hydrogens is 319 g/mol. The Morgan fingerprint density at radius 2 is 1.90 bits per heavy atom. The lowest BCUT2D eigenvalue weighted by atomic mass is 9.87. The third kappa shape index (κ3) is 3.27. The molecule has 0 aromatic carbocycles. The Kier molecular flexibility index (Phi) is 4.95. The Balaban J connectivity index is 2.17. The first-order valence-electron chi connectivity index (χ1n) is 6.63. The predicted molar refractivity (Wildman–Crippen MR) is 80.6 cm³/mol. The van der Waals surface area contributed by atoms with Crippen LogP contribution in [0.3, 0.4) is 0 Å². The molecule has 0 amide bonds. The third-order valence-electron chi connectivity index (χ3n) is 3.85. The second-order valence-electron chi connectivity index (χ2n) is 5.43. The molecule has 1 aliphatic rings. The van der Waals surface area contributed by atoms with Crippen LogP contribution in [-0.4, -0.2) is 30.8 Å². The van der Waals surface area contributed by atoms with Crippen molar-refractivity contribution in [3.63, 3.8) is 0 Å². The summed E-state index contributed by atoms with van der Waals surface area (Å²) in [6.07, 6.45) is 3.05. The molecule has 0 radical (unpaired) electrons. The van der Waals surface area contributed by atoms with Crippen molar-refractivity contribution in [1.29, 1.82) is 0 Å². The zero-order valence-corrected chi connectivity index (χ0v) is 13.8. The molecule has 1 aromatic heterocycles. The predicted octanol–water partition coefficient (Wildman–Crippen LogP) is 3.45. The summed E-state index contributed by atoms with van der Waals surface area (Å²) in [5, 5.41) is 0.272. The van der Waals surface area contributed by atoms with E-state index in [2.05, 4.69) is 18.8 Å². The van der Waals surface area contributed by atoms with Gasteiger partial charge in [-0.2, -0.15) is 4.31 Å². The largest absolute Gasteiger partial charge is 0.244 e. The van der Waals surface area contributed by atoms with Gasteiger partial charge < -0.3 is 0 Å². The molecule has 1 aliphatic heterocycles. The summed E-state index contributed by atoms with van der Waals surface area (Å²) >= 11 is 11.6. The normalized spacial score (nSPS) is 18.6. The molecule has 1 aromatic rings. The molecule has 0 spiro atoms. The van der Waals surface area contributed by atoms with Crippen LogP contribution < -0.4 is 0 Å². The summed E-state index contributed by atoms with van der Waals surface area (Å²) in [6.45, 7) is 5.45. The standard InChI is InChI=1S/C13H18Cl2N2O2S/c1-9(2)10-3-5-17(6-4-10)20(18,19)11-7-12(14)13(15)16-8-11/h7-10H,3-6H2,1-2H3. The van der Waals surface area contributed by atoms with Gasteiger partial charge in [-0.15, -0.1) is 0 Å². The minimum atomic E-state index is -3.52. The maximum Gasteiger partial charge on any atom is 0.244 e. The lowest BCUT2D eigenvalue weighted by Gasteiger charge is -2.33. The van der Waals surface area contributed by atoms with Crippen LogP contribution in [0, 0.1) is 11.8 Å². The van der Waals surface area contributed by atoms with Crippen LogP contribution in [0.15, 0.2) is 17.2 Å². The Hall–Kier alpha value is -0.360. The summed E-state index contributed by atoms with van der Waals surface area (Å²) in [7, 11) is -3.52. The molecule has 2 rings (SSSR count). The molecule has 1 fully saturated rings. The number of hydrogen-bond acceptors (Lipinski definition) is 3. The molecule has 0 bridgehead atoms. The maximum absolute atomic E-state index is 12.5. The number of sulfonamides is 1. The first-order chi connectivity index (χ1) is 9.32. The van der Waals surface area contributed by atoms with E-state index in [0.29, 0.717) is 24.9 Å². The molecule has 2 heterocycles. The first kappa shape index (κ1) is 16.0. The molecule has 0 saturated carbocycles. The average Bonchev–Trinajstić information content (AvgIpc) is 2.41. The van der Waals surface area contributed by atoms with Gasteiger partial charge in [-0.25, -0.2) is 13.4 Å². The van der Waals surface area contributed by atoms with Crippen LogP contribution in [0.25, 0.3) is 0 Å². The molecule has 0 aliphatic carbocycles. The van der Waals surface area contributed by atoms with Gasteiger partial charge in [-0.05, 0) is 30.7 Å². The van der Waals surface area contributed by atoms with E-state index >= 15 is 0 Å². The van der Waals surface area contributed by atoms with E-state index in [1.165, 1.54) is 16.6 Å². The Morgan fingerprint density at radius 1 is 1.30 bits per heavy atom. The minimum Gasteiger partial charge on any atom is -0.242 e. The molecule has 20 heavy (non-hydrogen) atoms. The zero-order valence-electron chi connectivity index (χ0n) is 11.5. The van der Waals surface area contributed by atoms with E-state index in [1.54, 1.807) is 0 Å². The van der Waals surface area contributed by atoms with E-state index in [0.717, 1.165) is 12.8 Å². The van der Waals surface area contributed by atoms with Crippen LogP contribution >= 0.6 is 23.2 Å². The minimum absolute atomic E-state index is 0.106. The van der Waals surface area contributed by atoms with Gasteiger partial charge in [0.15, 0.2) is 0 Å². The Labute approximate surface area is 130 Å². The number of nitrogens with zero attached hydrogens (tertiary/aromatic N) is 2. The number of aromatic nitrogens is 1. The summed E-state index contributed by atoms with van der Waals surface area (Å²) < 4.78 is 26.5. The van der Waals surface area contributed by atoms with Gasteiger partial charge in [0.05, 0.1) is 5.02 Å². The van der Waals surface area contributed by atoms with E-state index in [1.807, 2.05) is 0 Å². The number of pyridine rings is 1. The molecule has 0 atom stereocenters. The van der Waals surface area contributed by atoms with Crippen LogP contribution in [-0.2, 0) is 10.0 Å². The molecule has 1 saturated heterocycles. The fraction of sp³-hybridized carbons (Fsp3) is 0.615. The van der Waals surface area contributed by atoms with Crippen molar-refractivity contribution in [3.8, 4) is 0 Å². The van der Waals surface area contributed by atoms with E-state index < -0.39 is 10.0 Å². The van der Waals surface area contributed by atoms with Crippen LogP contribution in [0.4, 0.5) is 0 Å². The number of piperidine rings is 1. The smallest absolute Gasteiger partial charge is 0.242 e. The second kappa shape index (κ2) is 6.18. The second-order valence-corrected chi connectivity index (χ2v) is 8.13. The maximum atomic E-state index is 12.5. The highest BCUT2D eigenvalue weighted by atomic mass is 35.5. The van der Waals surface area contributed by atoms with Crippen molar-refractivity contribution in [1.82, 2.24) is 9.29 Å². The molecule has 0 N–H and O–H groups in total. The summed E-state index contributed by atoms with van der Waals surface area (Å²) in [4.78, 5) is 3.92. The number of rotatable bonds is 3. The summed E-state index contributed by atoms with van der Waals surface area (Å²) in [5.74, 6) is 1.18. The number of hydrogen-bond donors (Lipinski definition) is 0. The van der Waals surface area contributed by atoms with E-state index in [-0.39, 0.29) is 15.1 Å². The third-order valence-corrected chi connectivity index (χ3v) is 6.40. The average molecular weight is 337 g/mol. The topological polar surface area (TPSA) is 50.3 Å². The summed E-state index contributed by atoms with van der Waals surface area (Å²) in [6, 6.07) is 1.36. The van der Waals surface area contributed by atoms with Gasteiger partial charge in [0.1, 0.15) is 10.0 Å². The van der Waals surface area contributed by atoms with Gasteiger partial charge in [0.25, 0.3) is 0 Å². The quantitative estimate of drug-likeness (QED) is 0.794. The SMILES string of the molecule is CC(C)C1CCN(S(=O)(=O)c2cnc(Cl)c(Cl)c2)CC1. The lowest BCUT2D eigenvalue weighted by molar-refractivity contribution is 0.226. The van der Waals surface area contributed by atoms with Crippen molar-refractivity contribution in [2.24, 2.45) is 11.8 Å². The summed E-state index contributed by atoms with van der Waals surface area (Å²) in [5.41, 5.74) is 0. The molecule has 112 valence electrons. The van der Waals surface area contributed by atoms with Crippen molar-refractivity contribution < 1.29 is 8.42 Å². The van der Waals surface area contributed by atoms with E-state index in [4.69, 9.17) is 23.2 Å². The van der Waals surface area contributed by atoms with Crippen molar-refractivity contribution in [2.45, 2.75) is 31.6 Å². The fourth-order valence-electron chi connectivity index (χ4n) is 2.48. The van der Waals surface area contributed by atoms with Gasteiger partial charge in [0.2, 0.25) is 10.0 Å². The fourth-order valence-corrected chi connectivity index (χ4v) is 4.25. The van der Waals surface area contributed by atoms with E-state index in [9.17, 15) is 8.42 Å². The Bertz CT molecular complexity index is 582. The van der Waals surface area contributed by atoms with Gasteiger partial charge in [-0.1, -0.05) is 37.0 Å². The van der Waals surface area contributed by atoms with Crippen LogP contribution in [0.1, 0.15) is 26.7 Å². The lowest BCUT2D eigenvalue weighted by Crippen LogP contribution is -2.39. The van der Waals surface area contributed by atoms with Gasteiger partial charge in [-0.3, -0.25) is 0 Å². The van der Waals surface area contributed by atoms with Crippen LogP contribution in [0.5, 0.6) is 0 Å². The molecule has 0 unspecified atom stereocenters. The molecular formula is C13H18Cl2N2O2S. The van der Waals surface area contributed by atoms with Crippen molar-refractivity contribution in [2.75, 3.05) is 13.1 Å². The highest BCUT2D eigenvalue weighted by Gasteiger charge is 2.30. The van der Waals surface area contributed by atoms with Crippen molar-refractivity contribution in [3.05, 3.63) is 22.4 Å². The monoisotopic (exact) mass is 336 g/mol. The van der Waals surface area contributed by atoms with Crippen molar-refractivity contribution >= 4 is 33.2 Å².